The molecule has 1 aromatic carbocycles. The van der Waals surface area contributed by atoms with Crippen LogP contribution in [-0.4, -0.2) is 26.0 Å². The Labute approximate surface area is 130 Å². The molecule has 5 nitrogen and oxygen atoms in total. The van der Waals surface area contributed by atoms with Crippen molar-refractivity contribution in [2.75, 3.05) is 10.8 Å². The second-order valence-electron chi connectivity index (χ2n) is 4.53. The highest BCUT2D eigenvalue weighted by Gasteiger charge is 2.32. The predicted molar refractivity (Wildman–Crippen MR) is 81.0 cm³/mol. The number of anilines is 1. The van der Waals surface area contributed by atoms with Gasteiger partial charge in [-0.05, 0) is 36.2 Å². The van der Waals surface area contributed by atoms with Gasteiger partial charge in [-0.15, -0.1) is 11.3 Å². The van der Waals surface area contributed by atoms with Crippen LogP contribution in [0, 0.1) is 0 Å². The van der Waals surface area contributed by atoms with E-state index in [0.717, 1.165) is 16.9 Å². The molecule has 0 unspecified atom stereocenters. The van der Waals surface area contributed by atoms with E-state index in [1.807, 2.05) is 0 Å². The van der Waals surface area contributed by atoms with E-state index in [9.17, 15) is 13.2 Å². The van der Waals surface area contributed by atoms with Gasteiger partial charge in [-0.2, -0.15) is 0 Å². The van der Waals surface area contributed by atoms with Crippen molar-refractivity contribution in [1.82, 2.24) is 0 Å². The first-order valence-corrected chi connectivity index (χ1v) is 8.67. The second kappa shape index (κ2) is 5.01. The van der Waals surface area contributed by atoms with Gasteiger partial charge < -0.3 is 5.11 Å². The van der Waals surface area contributed by atoms with Crippen LogP contribution in [0.1, 0.15) is 15.9 Å². The molecule has 2 heterocycles. The number of benzene rings is 1. The van der Waals surface area contributed by atoms with E-state index in [2.05, 4.69) is 0 Å². The smallest absolute Gasteiger partial charge is 0.335 e. The molecule has 0 bridgehead atoms. The fourth-order valence-electron chi connectivity index (χ4n) is 2.28. The zero-order valence-corrected chi connectivity index (χ0v) is 13.0. The van der Waals surface area contributed by atoms with Crippen molar-refractivity contribution in [3.8, 4) is 0 Å². The zero-order valence-electron chi connectivity index (χ0n) is 10.6. The van der Waals surface area contributed by atoms with Crippen LogP contribution in [0.4, 0.5) is 5.69 Å². The van der Waals surface area contributed by atoms with Crippen LogP contribution in [0.5, 0.6) is 0 Å². The monoisotopic (exact) mass is 343 g/mol. The highest BCUT2D eigenvalue weighted by molar-refractivity contribution is 7.94. The maximum absolute atomic E-state index is 12.6. The number of rotatable bonds is 3. The fourth-order valence-corrected chi connectivity index (χ4v) is 5.37. The van der Waals surface area contributed by atoms with E-state index in [-0.39, 0.29) is 9.77 Å². The van der Waals surface area contributed by atoms with Gasteiger partial charge in [0.2, 0.25) is 0 Å². The van der Waals surface area contributed by atoms with Gasteiger partial charge in [0, 0.05) is 6.54 Å². The summed E-state index contributed by atoms with van der Waals surface area (Å²) in [6.07, 6.45) is 0.563. The Kier molecular flexibility index (Phi) is 3.43. The molecule has 1 aliphatic heterocycles. The molecule has 1 N–H and O–H groups in total. The Morgan fingerprint density at radius 3 is 2.67 bits per heavy atom. The van der Waals surface area contributed by atoms with Gasteiger partial charge in [-0.25, -0.2) is 13.2 Å². The van der Waals surface area contributed by atoms with Crippen LogP contribution < -0.4 is 4.31 Å². The van der Waals surface area contributed by atoms with E-state index in [0.29, 0.717) is 23.0 Å². The largest absolute Gasteiger partial charge is 0.478 e. The Bertz CT molecular complexity index is 828. The van der Waals surface area contributed by atoms with Crippen LogP contribution in [0.15, 0.2) is 34.5 Å². The lowest BCUT2D eigenvalue weighted by molar-refractivity contribution is 0.0697. The molecule has 0 amide bonds. The van der Waals surface area contributed by atoms with E-state index in [4.69, 9.17) is 16.7 Å². The summed E-state index contributed by atoms with van der Waals surface area (Å²) in [6.45, 7) is 0.302. The van der Waals surface area contributed by atoms with Crippen LogP contribution >= 0.6 is 22.9 Å². The number of hydrogen-bond donors (Lipinski definition) is 1. The van der Waals surface area contributed by atoms with Gasteiger partial charge in [0.1, 0.15) is 4.21 Å². The van der Waals surface area contributed by atoms with Gasteiger partial charge in [-0.1, -0.05) is 17.7 Å². The maximum atomic E-state index is 12.6. The van der Waals surface area contributed by atoms with Crippen molar-refractivity contribution in [2.24, 2.45) is 0 Å². The number of nitrogens with zero attached hydrogens (tertiary/aromatic N) is 1. The molecule has 0 spiro atoms. The summed E-state index contributed by atoms with van der Waals surface area (Å²) in [4.78, 5) is 11.0. The molecule has 2 aromatic rings. The summed E-state index contributed by atoms with van der Waals surface area (Å²) in [5, 5.41) is 9.04. The number of carbonyl (C=O) groups is 1. The average Bonchev–Trinajstić information content (AvgIpc) is 3.04. The number of hydrogen-bond acceptors (Lipinski definition) is 4. The molecule has 0 saturated carbocycles. The number of carboxylic acids is 1. The van der Waals surface area contributed by atoms with Gasteiger partial charge in [0.05, 0.1) is 15.6 Å². The second-order valence-corrected chi connectivity index (χ2v) is 8.34. The molecular formula is C13H10ClNO4S2. The molecule has 3 rings (SSSR count). The van der Waals surface area contributed by atoms with Crippen molar-refractivity contribution >= 4 is 44.6 Å². The summed E-state index contributed by atoms with van der Waals surface area (Å²) < 4.78 is 27.0. The normalized spacial score (nSPS) is 14.2. The third-order valence-corrected chi connectivity index (χ3v) is 6.79. The Balaban J connectivity index is 2.08. The summed E-state index contributed by atoms with van der Waals surface area (Å²) in [5.74, 6) is -1.08. The van der Waals surface area contributed by atoms with Gasteiger partial charge in [0.25, 0.3) is 10.0 Å². The van der Waals surface area contributed by atoms with E-state index in [1.165, 1.54) is 28.6 Å². The minimum absolute atomic E-state index is 0.0695. The summed E-state index contributed by atoms with van der Waals surface area (Å²) in [7, 11) is -3.70. The SMILES string of the molecule is O=C(O)c1ccc2c(c1)N(S(=O)(=O)c1ccc(Cl)s1)CC2. The Morgan fingerprint density at radius 1 is 1.29 bits per heavy atom. The fraction of sp³-hybridized carbons (Fsp3) is 0.154. The first kappa shape index (κ1) is 14.4. The van der Waals surface area contributed by atoms with Crippen molar-refractivity contribution < 1.29 is 18.3 Å². The highest BCUT2D eigenvalue weighted by atomic mass is 35.5. The number of carboxylic acid groups (broad SMARTS) is 1. The lowest BCUT2D eigenvalue weighted by Crippen LogP contribution is -2.28. The molecule has 0 saturated heterocycles. The minimum Gasteiger partial charge on any atom is -0.478 e. The third-order valence-electron chi connectivity index (χ3n) is 3.28. The van der Waals surface area contributed by atoms with Crippen LogP contribution in [0.2, 0.25) is 4.34 Å². The third kappa shape index (κ3) is 2.41. The minimum atomic E-state index is -3.70. The number of aromatic carboxylic acids is 1. The molecule has 110 valence electrons. The number of thiophene rings is 1. The van der Waals surface area contributed by atoms with Crippen molar-refractivity contribution in [3.05, 3.63) is 45.8 Å². The Hall–Kier alpha value is -1.57. The maximum Gasteiger partial charge on any atom is 0.335 e. The van der Waals surface area contributed by atoms with Crippen LogP contribution in [0.25, 0.3) is 0 Å². The first-order chi connectivity index (χ1) is 9.89. The van der Waals surface area contributed by atoms with E-state index >= 15 is 0 Å². The van der Waals surface area contributed by atoms with Gasteiger partial charge in [0.15, 0.2) is 0 Å². The average molecular weight is 344 g/mol. The summed E-state index contributed by atoms with van der Waals surface area (Å²) in [6, 6.07) is 7.54. The molecule has 0 atom stereocenters. The highest BCUT2D eigenvalue weighted by Crippen LogP contribution is 2.36. The van der Waals surface area contributed by atoms with E-state index in [1.54, 1.807) is 6.07 Å². The standard InChI is InChI=1S/C13H10ClNO4S2/c14-11-3-4-12(20-11)21(18,19)15-6-5-8-1-2-9(13(16)17)7-10(8)15/h1-4,7H,5-6H2,(H,16,17). The molecule has 1 aliphatic rings. The summed E-state index contributed by atoms with van der Waals surface area (Å²) in [5.41, 5.74) is 1.32. The molecule has 8 heteroatoms. The predicted octanol–water partition coefficient (Wildman–Crippen LogP) is 2.85. The lowest BCUT2D eigenvalue weighted by Gasteiger charge is -2.18. The molecule has 0 radical (unpaired) electrons. The van der Waals surface area contributed by atoms with Gasteiger partial charge >= 0.3 is 5.97 Å². The van der Waals surface area contributed by atoms with Crippen LogP contribution in [0.3, 0.4) is 0 Å². The van der Waals surface area contributed by atoms with Crippen molar-refractivity contribution in [3.63, 3.8) is 0 Å². The van der Waals surface area contributed by atoms with E-state index < -0.39 is 16.0 Å². The molecule has 1 aromatic heterocycles. The topological polar surface area (TPSA) is 74.7 Å². The zero-order chi connectivity index (χ0) is 15.2. The molecule has 0 aliphatic carbocycles. The lowest BCUT2D eigenvalue weighted by atomic mass is 10.1. The van der Waals surface area contributed by atoms with Crippen molar-refractivity contribution in [1.29, 1.82) is 0 Å². The van der Waals surface area contributed by atoms with Gasteiger partial charge in [-0.3, -0.25) is 4.31 Å². The molecule has 0 fully saturated rings. The first-order valence-electron chi connectivity index (χ1n) is 6.04. The Morgan fingerprint density at radius 2 is 2.05 bits per heavy atom. The molecule has 21 heavy (non-hydrogen) atoms. The quantitative estimate of drug-likeness (QED) is 0.929. The molecular weight excluding hydrogens is 334 g/mol. The van der Waals surface area contributed by atoms with Crippen LogP contribution in [-0.2, 0) is 16.4 Å². The number of sulfonamides is 1. The number of fused-ring (bicyclic) bond motifs is 1. The van der Waals surface area contributed by atoms with Crippen molar-refractivity contribution in [2.45, 2.75) is 10.6 Å². The number of halogens is 1. The summed E-state index contributed by atoms with van der Waals surface area (Å²) >= 11 is 6.78.